The summed E-state index contributed by atoms with van der Waals surface area (Å²) in [5.74, 6) is -0.796. The highest BCUT2D eigenvalue weighted by molar-refractivity contribution is 9.10. The van der Waals surface area contributed by atoms with E-state index in [1.807, 2.05) is 38.1 Å². The lowest BCUT2D eigenvalue weighted by molar-refractivity contribution is -0.145. The monoisotopic (exact) mass is 339 g/mol. The first kappa shape index (κ1) is 16.4. The van der Waals surface area contributed by atoms with E-state index in [0.29, 0.717) is 0 Å². The molecular formula is C15H18BrNO3. The van der Waals surface area contributed by atoms with Gasteiger partial charge in [-0.15, -0.1) is 0 Å². The van der Waals surface area contributed by atoms with Crippen LogP contribution in [-0.4, -0.2) is 25.0 Å². The molecule has 0 fully saturated rings. The number of hydrogen-bond donors (Lipinski definition) is 1. The molecular weight excluding hydrogens is 322 g/mol. The molecule has 0 aromatic heterocycles. The quantitative estimate of drug-likeness (QED) is 0.662. The summed E-state index contributed by atoms with van der Waals surface area (Å²) in [4.78, 5) is 23.3. The van der Waals surface area contributed by atoms with Crippen molar-refractivity contribution >= 4 is 33.9 Å². The molecule has 1 atom stereocenters. The minimum absolute atomic E-state index is 0.0347. The molecule has 0 aliphatic heterocycles. The van der Waals surface area contributed by atoms with Crippen molar-refractivity contribution in [3.8, 4) is 0 Å². The van der Waals surface area contributed by atoms with E-state index in [4.69, 9.17) is 0 Å². The van der Waals surface area contributed by atoms with Gasteiger partial charge in [-0.25, -0.2) is 4.79 Å². The predicted molar refractivity (Wildman–Crippen MR) is 82.0 cm³/mol. The number of nitrogens with one attached hydrogen (secondary N) is 1. The van der Waals surface area contributed by atoms with E-state index in [2.05, 4.69) is 26.0 Å². The topological polar surface area (TPSA) is 55.4 Å². The van der Waals surface area contributed by atoms with Crippen LogP contribution in [0.1, 0.15) is 19.4 Å². The zero-order chi connectivity index (χ0) is 15.1. The van der Waals surface area contributed by atoms with Crippen LogP contribution in [-0.2, 0) is 14.3 Å². The number of methoxy groups -OCH3 is 1. The summed E-state index contributed by atoms with van der Waals surface area (Å²) >= 11 is 3.34. The average molecular weight is 340 g/mol. The van der Waals surface area contributed by atoms with E-state index >= 15 is 0 Å². The van der Waals surface area contributed by atoms with Gasteiger partial charge in [-0.05, 0) is 29.7 Å². The molecule has 20 heavy (non-hydrogen) atoms. The van der Waals surface area contributed by atoms with Crippen molar-refractivity contribution in [3.05, 3.63) is 40.4 Å². The second kappa shape index (κ2) is 7.85. The van der Waals surface area contributed by atoms with Gasteiger partial charge < -0.3 is 10.1 Å². The number of halogens is 1. The molecule has 1 rings (SSSR count). The highest BCUT2D eigenvalue weighted by Gasteiger charge is 2.23. The molecule has 0 aliphatic rings. The molecule has 0 heterocycles. The van der Waals surface area contributed by atoms with E-state index in [1.165, 1.54) is 13.2 Å². The highest BCUT2D eigenvalue weighted by atomic mass is 79.9. The van der Waals surface area contributed by atoms with Crippen molar-refractivity contribution in [1.82, 2.24) is 5.32 Å². The molecule has 1 amide bonds. The largest absolute Gasteiger partial charge is 0.467 e. The van der Waals surface area contributed by atoms with Gasteiger partial charge >= 0.3 is 5.97 Å². The van der Waals surface area contributed by atoms with Gasteiger partial charge in [0.05, 0.1) is 7.11 Å². The Balaban J connectivity index is 2.66. The lowest BCUT2D eigenvalue weighted by Gasteiger charge is -2.18. The summed E-state index contributed by atoms with van der Waals surface area (Å²) in [7, 11) is 1.31. The molecule has 5 heteroatoms. The Hall–Kier alpha value is -1.62. The maximum absolute atomic E-state index is 11.8. The second-order valence-corrected chi connectivity index (χ2v) is 5.55. The third kappa shape index (κ3) is 5.17. The van der Waals surface area contributed by atoms with Crippen LogP contribution < -0.4 is 5.32 Å². The van der Waals surface area contributed by atoms with Crippen LogP contribution in [0.2, 0.25) is 0 Å². The standard InChI is InChI=1S/C15H18BrNO3/c1-10(2)14(15(19)20-3)17-13(18)9-6-11-4-7-12(16)8-5-11/h4-10,14H,1-3H3,(H,17,18)/b9-6+. The van der Waals surface area contributed by atoms with E-state index in [0.717, 1.165) is 10.0 Å². The van der Waals surface area contributed by atoms with Gasteiger partial charge in [-0.2, -0.15) is 0 Å². The molecule has 0 spiro atoms. The van der Waals surface area contributed by atoms with Crippen LogP contribution in [0, 0.1) is 5.92 Å². The molecule has 1 unspecified atom stereocenters. The van der Waals surface area contributed by atoms with Crippen molar-refractivity contribution in [2.45, 2.75) is 19.9 Å². The smallest absolute Gasteiger partial charge is 0.328 e. The molecule has 1 aromatic carbocycles. The van der Waals surface area contributed by atoms with Gasteiger partial charge in [0.1, 0.15) is 6.04 Å². The number of hydrogen-bond acceptors (Lipinski definition) is 3. The van der Waals surface area contributed by atoms with Crippen molar-refractivity contribution in [3.63, 3.8) is 0 Å². The van der Waals surface area contributed by atoms with Crippen molar-refractivity contribution in [2.75, 3.05) is 7.11 Å². The minimum atomic E-state index is -0.637. The molecule has 0 radical (unpaired) electrons. The van der Waals surface area contributed by atoms with Crippen LogP contribution in [0.15, 0.2) is 34.8 Å². The normalized spacial score (nSPS) is 12.4. The number of carbonyl (C=O) groups is 2. The minimum Gasteiger partial charge on any atom is -0.467 e. The SMILES string of the molecule is COC(=O)C(NC(=O)/C=C/c1ccc(Br)cc1)C(C)C. The number of rotatable bonds is 5. The second-order valence-electron chi connectivity index (χ2n) is 4.64. The first-order valence-corrected chi connectivity index (χ1v) is 7.05. The van der Waals surface area contributed by atoms with Gasteiger partial charge in [-0.3, -0.25) is 4.79 Å². The number of benzene rings is 1. The first-order chi connectivity index (χ1) is 9.43. The Morgan fingerprint density at radius 2 is 1.85 bits per heavy atom. The maximum Gasteiger partial charge on any atom is 0.328 e. The van der Waals surface area contributed by atoms with Crippen LogP contribution in [0.25, 0.3) is 6.08 Å². The van der Waals surface area contributed by atoms with Crippen molar-refractivity contribution < 1.29 is 14.3 Å². The number of carbonyl (C=O) groups excluding carboxylic acids is 2. The van der Waals surface area contributed by atoms with Crippen LogP contribution in [0.4, 0.5) is 0 Å². The van der Waals surface area contributed by atoms with E-state index in [9.17, 15) is 9.59 Å². The molecule has 1 N–H and O–H groups in total. The van der Waals surface area contributed by atoms with E-state index < -0.39 is 12.0 Å². The summed E-state index contributed by atoms with van der Waals surface area (Å²) < 4.78 is 5.64. The molecule has 0 aliphatic carbocycles. The summed E-state index contributed by atoms with van der Waals surface area (Å²) in [6.07, 6.45) is 3.10. The molecule has 1 aromatic rings. The molecule has 0 bridgehead atoms. The average Bonchev–Trinajstić information content (AvgIpc) is 2.43. The van der Waals surface area contributed by atoms with Gasteiger partial charge in [0.25, 0.3) is 0 Å². The molecule has 108 valence electrons. The lowest BCUT2D eigenvalue weighted by atomic mass is 10.0. The fraction of sp³-hybridized carbons (Fsp3) is 0.333. The third-order valence-corrected chi connectivity index (χ3v) is 3.25. The Kier molecular flexibility index (Phi) is 6.45. The maximum atomic E-state index is 11.8. The highest BCUT2D eigenvalue weighted by Crippen LogP contribution is 2.11. The summed E-state index contributed by atoms with van der Waals surface area (Å²) in [6, 6.07) is 6.91. The van der Waals surface area contributed by atoms with Crippen LogP contribution in [0.5, 0.6) is 0 Å². The first-order valence-electron chi connectivity index (χ1n) is 6.26. The van der Waals surface area contributed by atoms with Gasteiger partial charge in [0.15, 0.2) is 0 Å². The molecule has 0 saturated carbocycles. The lowest BCUT2D eigenvalue weighted by Crippen LogP contribution is -2.44. The number of esters is 1. The number of ether oxygens (including phenoxy) is 1. The molecule has 4 nitrogen and oxygen atoms in total. The van der Waals surface area contributed by atoms with Crippen LogP contribution >= 0.6 is 15.9 Å². The van der Waals surface area contributed by atoms with Crippen molar-refractivity contribution in [2.24, 2.45) is 5.92 Å². The fourth-order valence-electron chi connectivity index (χ4n) is 1.57. The molecule has 0 saturated heterocycles. The van der Waals surface area contributed by atoms with Gasteiger partial charge in [0, 0.05) is 10.5 Å². The van der Waals surface area contributed by atoms with E-state index in [-0.39, 0.29) is 11.8 Å². The summed E-state index contributed by atoms with van der Waals surface area (Å²) in [5.41, 5.74) is 0.905. The Morgan fingerprint density at radius 3 is 2.35 bits per heavy atom. The zero-order valence-electron chi connectivity index (χ0n) is 11.7. The van der Waals surface area contributed by atoms with Crippen LogP contribution in [0.3, 0.4) is 0 Å². The number of amides is 1. The van der Waals surface area contributed by atoms with Gasteiger partial charge in [0.2, 0.25) is 5.91 Å². The Morgan fingerprint density at radius 1 is 1.25 bits per heavy atom. The predicted octanol–water partition coefficient (Wildman–Crippen LogP) is 2.78. The van der Waals surface area contributed by atoms with Gasteiger partial charge in [-0.1, -0.05) is 41.9 Å². The summed E-state index contributed by atoms with van der Waals surface area (Å²) in [5, 5.41) is 2.64. The van der Waals surface area contributed by atoms with Crippen molar-refractivity contribution in [1.29, 1.82) is 0 Å². The summed E-state index contributed by atoms with van der Waals surface area (Å²) in [6.45, 7) is 3.70. The van der Waals surface area contributed by atoms with E-state index in [1.54, 1.807) is 6.08 Å². The Bertz CT molecular complexity index is 494. The third-order valence-electron chi connectivity index (χ3n) is 2.72. The fourth-order valence-corrected chi connectivity index (χ4v) is 1.84. The zero-order valence-corrected chi connectivity index (χ0v) is 13.3. The Labute approximate surface area is 127 Å².